The monoisotopic (exact) mass is 1120 g/mol. The molecule has 8 rings (SSSR count). The highest BCUT2D eigenvalue weighted by Gasteiger charge is 2.53. The molecular formula is C64H113N9O7. The Hall–Kier alpha value is -3.71. The Morgan fingerprint density at radius 3 is 2.15 bits per heavy atom. The van der Waals surface area contributed by atoms with Gasteiger partial charge in [0, 0.05) is 109 Å². The van der Waals surface area contributed by atoms with Crippen LogP contribution in [0.15, 0.2) is 30.5 Å². The van der Waals surface area contributed by atoms with E-state index in [4.69, 9.17) is 19.3 Å². The first kappa shape index (κ1) is 65.4. The number of hydrogen-bond donors (Lipinski definition) is 3. The summed E-state index contributed by atoms with van der Waals surface area (Å²) in [6.45, 7) is 33.0. The molecule has 7 heterocycles. The molecule has 3 aromatic rings. The molecule has 16 nitrogen and oxygen atoms in total. The van der Waals surface area contributed by atoms with Gasteiger partial charge in [-0.05, 0) is 164 Å². The number of carbonyl (C=O) groups is 2. The van der Waals surface area contributed by atoms with Crippen LogP contribution in [0.1, 0.15) is 178 Å². The summed E-state index contributed by atoms with van der Waals surface area (Å²) in [4.78, 5) is 50.2. The zero-order valence-electron chi connectivity index (χ0n) is 52.2. The summed E-state index contributed by atoms with van der Waals surface area (Å²) < 4.78 is 18.8. The SMILES string of the molecule is CC.CCCN(CC[C@H]([C@H](NC(=O)[C@H](C(C)C)N1CCCCCCCC1)C(=O)N1CCCCN1)N1CC2(COC2)C1)c1ccc2c(c1)c(CC(C)(C)COO)c(-c1cc(C3CCN(C)CC3)cnc1[C@H](C)OC)n2CC.CCOC.[HH].[HH]. The number of piperidine rings is 1. The summed E-state index contributed by atoms with van der Waals surface area (Å²) in [6, 6.07) is 8.13. The van der Waals surface area contributed by atoms with Gasteiger partial charge in [0.25, 0.3) is 5.91 Å². The fourth-order valence-electron chi connectivity index (χ4n) is 13.1. The van der Waals surface area contributed by atoms with Gasteiger partial charge in [0.1, 0.15) is 6.04 Å². The molecule has 1 spiro atoms. The maximum atomic E-state index is 15.2. The van der Waals surface area contributed by atoms with Gasteiger partial charge in [-0.2, -0.15) is 0 Å². The molecule has 0 radical (unpaired) electrons. The minimum Gasteiger partial charge on any atom is -0.385 e. The average Bonchev–Trinajstić information content (AvgIpc) is 3.83. The van der Waals surface area contributed by atoms with Crippen molar-refractivity contribution in [3.8, 4) is 11.3 Å². The summed E-state index contributed by atoms with van der Waals surface area (Å²) in [5.41, 5.74) is 11.1. The number of nitrogens with zero attached hydrogens (tertiary/aromatic N) is 7. The molecule has 3 N–H and O–H groups in total. The van der Waals surface area contributed by atoms with Crippen LogP contribution < -0.4 is 15.6 Å². The third-order valence-electron chi connectivity index (χ3n) is 17.7. The van der Waals surface area contributed by atoms with Gasteiger partial charge in [-0.1, -0.05) is 74.1 Å². The minimum atomic E-state index is -0.720. The van der Waals surface area contributed by atoms with Crippen molar-refractivity contribution in [3.05, 3.63) is 47.3 Å². The van der Waals surface area contributed by atoms with E-state index in [1.54, 1.807) is 14.2 Å². The predicted molar refractivity (Wildman–Crippen MR) is 329 cm³/mol. The Morgan fingerprint density at radius 1 is 0.925 bits per heavy atom. The van der Waals surface area contributed by atoms with Gasteiger partial charge in [0.2, 0.25) is 5.91 Å². The van der Waals surface area contributed by atoms with Crippen molar-refractivity contribution in [3.63, 3.8) is 0 Å². The van der Waals surface area contributed by atoms with Gasteiger partial charge in [-0.15, -0.1) is 0 Å². The van der Waals surface area contributed by atoms with Crippen LogP contribution in [0.2, 0.25) is 0 Å². The first-order chi connectivity index (χ1) is 38.6. The molecule has 0 aliphatic carbocycles. The number of likely N-dealkylation sites (tertiary alicyclic amines) is 2. The summed E-state index contributed by atoms with van der Waals surface area (Å²) in [5, 5.41) is 16.4. The fraction of sp³-hybridized carbons (Fsp3) is 0.766. The number of aryl methyl sites for hydroxylation is 1. The highest BCUT2D eigenvalue weighted by atomic mass is 17.1. The number of hydrogen-bond acceptors (Lipinski definition) is 13. The third-order valence-corrected chi connectivity index (χ3v) is 17.7. The molecule has 0 saturated carbocycles. The van der Waals surface area contributed by atoms with Crippen molar-refractivity contribution in [2.24, 2.45) is 16.7 Å². The number of carbonyl (C=O) groups excluding carboxylic acids is 2. The number of benzene rings is 1. The summed E-state index contributed by atoms with van der Waals surface area (Å²) >= 11 is 0. The standard InChI is InChI=1S/C59H95N9O6.C3H8O.C2H6.2H2/c1-10-26-64(32-24-51(66-37-59(38-66)40-73-41-59)53(57(70)68-29-19-16-25-61-68)62-56(69)54(42(3)4)65-27-17-14-12-13-15-18-28-65)46-20-21-50-47(34-46)49(35-58(6,7)39-74-71)55(67(50)11-2)48-33-45(36-60-52(48)43(5)72-9)44-22-30-63(8)31-23-44;1-3-4-2;1-2;;/h20-21,33-34,36,42-44,51,53-54,61,71H,10-19,22-32,35,37-41H2,1-9H3,(H,62,69);3H2,1-2H3;1-2H3;2*1H/t43-,51+,53-,54-;;;;/m0..../s1. The minimum absolute atomic E-state index is 0. The summed E-state index contributed by atoms with van der Waals surface area (Å²) in [7, 11) is 5.65. The molecule has 5 fully saturated rings. The number of hydrazine groups is 1. The van der Waals surface area contributed by atoms with Crippen molar-refractivity contribution in [1.29, 1.82) is 0 Å². The van der Waals surface area contributed by atoms with Crippen LogP contribution in [0, 0.1) is 16.7 Å². The van der Waals surface area contributed by atoms with Crippen LogP contribution >= 0.6 is 0 Å². The molecule has 2 aromatic heterocycles. The lowest BCUT2D eigenvalue weighted by molar-refractivity contribution is -0.259. The van der Waals surface area contributed by atoms with Crippen molar-refractivity contribution in [2.75, 3.05) is 118 Å². The van der Waals surface area contributed by atoms with Crippen LogP contribution in [-0.4, -0.2) is 178 Å². The number of pyridine rings is 1. The van der Waals surface area contributed by atoms with E-state index < -0.39 is 11.5 Å². The number of amides is 2. The Morgan fingerprint density at radius 2 is 1.59 bits per heavy atom. The Balaban J connectivity index is 0.00000173. The second kappa shape index (κ2) is 31.8. The maximum absolute atomic E-state index is 15.2. The van der Waals surface area contributed by atoms with Gasteiger partial charge in [-0.25, -0.2) is 10.3 Å². The van der Waals surface area contributed by atoms with E-state index in [0.717, 1.165) is 152 Å². The molecular weight excluding hydrogens is 1010 g/mol. The second-order valence-corrected chi connectivity index (χ2v) is 24.8. The number of ether oxygens (including phenoxy) is 3. The average molecular weight is 1120 g/mol. The van der Waals surface area contributed by atoms with E-state index in [1.807, 2.05) is 25.8 Å². The summed E-state index contributed by atoms with van der Waals surface area (Å²) in [6.07, 6.45) is 15.4. The zero-order chi connectivity index (χ0) is 58.0. The highest BCUT2D eigenvalue weighted by Crippen LogP contribution is 2.44. The van der Waals surface area contributed by atoms with Gasteiger partial charge in [0.05, 0.1) is 43.4 Å². The van der Waals surface area contributed by atoms with Gasteiger partial charge in [-0.3, -0.25) is 34.6 Å². The summed E-state index contributed by atoms with van der Waals surface area (Å²) in [5.74, 6) is 0.467. The van der Waals surface area contributed by atoms with Crippen molar-refractivity contribution >= 4 is 28.4 Å². The van der Waals surface area contributed by atoms with Crippen LogP contribution in [0.5, 0.6) is 0 Å². The number of methoxy groups -OCH3 is 2. The molecule has 16 heteroatoms. The molecule has 5 aliphatic rings. The quantitative estimate of drug-likeness (QED) is 0.0611. The molecule has 5 aliphatic heterocycles. The number of anilines is 1. The van der Waals surface area contributed by atoms with Crippen LogP contribution in [0.4, 0.5) is 5.69 Å². The topological polar surface area (TPSA) is 149 Å². The van der Waals surface area contributed by atoms with Crippen LogP contribution in [0.3, 0.4) is 0 Å². The second-order valence-electron chi connectivity index (χ2n) is 24.8. The van der Waals surface area contributed by atoms with Crippen molar-refractivity contribution in [1.82, 2.24) is 40.0 Å². The van der Waals surface area contributed by atoms with E-state index in [1.165, 1.54) is 42.2 Å². The van der Waals surface area contributed by atoms with Crippen LogP contribution in [-0.2, 0) is 41.7 Å². The lowest BCUT2D eigenvalue weighted by Gasteiger charge is -2.58. The predicted octanol–water partition coefficient (Wildman–Crippen LogP) is 11.1. The molecule has 1 aromatic carbocycles. The van der Waals surface area contributed by atoms with Crippen LogP contribution in [0.25, 0.3) is 22.2 Å². The molecule has 0 bridgehead atoms. The number of nitrogens with one attached hydrogen (secondary N) is 2. The van der Waals surface area contributed by atoms with E-state index in [0.29, 0.717) is 31.8 Å². The van der Waals surface area contributed by atoms with Gasteiger partial charge < -0.3 is 33.9 Å². The lowest BCUT2D eigenvalue weighted by Crippen LogP contribution is -2.73. The molecule has 456 valence electrons. The first-order valence-corrected chi connectivity index (χ1v) is 31.4. The number of rotatable bonds is 23. The van der Waals surface area contributed by atoms with Crippen molar-refractivity contribution in [2.45, 2.75) is 189 Å². The molecule has 80 heavy (non-hydrogen) atoms. The van der Waals surface area contributed by atoms with Crippen molar-refractivity contribution < 1.29 is 36.8 Å². The maximum Gasteiger partial charge on any atom is 0.260 e. The first-order valence-electron chi connectivity index (χ1n) is 31.4. The molecule has 4 atom stereocenters. The number of fused-ring (bicyclic) bond motifs is 1. The Labute approximate surface area is 486 Å². The van der Waals surface area contributed by atoms with Gasteiger partial charge in [0.15, 0.2) is 0 Å². The fourth-order valence-corrected chi connectivity index (χ4v) is 13.1. The Bertz CT molecular complexity index is 2340. The molecule has 5 saturated heterocycles. The highest BCUT2D eigenvalue weighted by molar-refractivity contribution is 5.95. The van der Waals surface area contributed by atoms with E-state index in [2.05, 4.69) is 126 Å². The van der Waals surface area contributed by atoms with E-state index in [9.17, 15) is 5.26 Å². The Kier molecular flexibility index (Phi) is 26.0. The normalized spacial score (nSPS) is 20.2. The molecule has 2 amide bonds. The smallest absolute Gasteiger partial charge is 0.260 e. The largest absolute Gasteiger partial charge is 0.385 e. The zero-order valence-corrected chi connectivity index (χ0v) is 52.2. The van der Waals surface area contributed by atoms with E-state index in [-0.39, 0.29) is 50.8 Å². The lowest BCUT2D eigenvalue weighted by atomic mass is 9.76. The number of aromatic nitrogens is 2. The van der Waals surface area contributed by atoms with Gasteiger partial charge >= 0.3 is 0 Å². The van der Waals surface area contributed by atoms with E-state index >= 15 is 9.59 Å². The molecule has 0 unspecified atom stereocenters. The third kappa shape index (κ3) is 16.5.